The van der Waals surface area contributed by atoms with E-state index in [4.69, 9.17) is 0 Å². The van der Waals surface area contributed by atoms with Crippen molar-refractivity contribution in [2.75, 3.05) is 31.5 Å². The second-order valence-corrected chi connectivity index (χ2v) is 6.06. The average Bonchev–Trinajstić information content (AvgIpc) is 2.67. The minimum Gasteiger partial charge on any atom is -0.355 e. The molecule has 9 heteroatoms. The standard InChI is InChI=1S/C18H17F3N4O2/c19-18(20,21)13-1-3-14(4-2-13)23-15-5-6-22-16(11-15)17(27)25-9-7-24(12-26)8-10-25/h1-6,11-12H,7-10H2,(H,22,23). The van der Waals surface area contributed by atoms with Gasteiger partial charge in [0.15, 0.2) is 0 Å². The summed E-state index contributed by atoms with van der Waals surface area (Å²) in [6.07, 6.45) is -2.17. The maximum absolute atomic E-state index is 12.6. The van der Waals surface area contributed by atoms with Crippen molar-refractivity contribution in [3.05, 3.63) is 53.9 Å². The number of pyridine rings is 1. The predicted molar refractivity (Wildman–Crippen MR) is 92.5 cm³/mol. The number of rotatable bonds is 4. The lowest BCUT2D eigenvalue weighted by atomic mass is 10.2. The van der Waals surface area contributed by atoms with Crippen molar-refractivity contribution in [1.29, 1.82) is 0 Å². The first-order chi connectivity index (χ1) is 12.9. The predicted octanol–water partition coefficient (Wildman–Crippen LogP) is 2.76. The number of nitrogens with zero attached hydrogens (tertiary/aromatic N) is 3. The molecule has 0 spiro atoms. The van der Waals surface area contributed by atoms with Crippen LogP contribution in [-0.2, 0) is 11.0 Å². The minimum absolute atomic E-state index is 0.228. The molecule has 1 aliphatic rings. The van der Waals surface area contributed by atoms with E-state index in [1.807, 2.05) is 0 Å². The Balaban J connectivity index is 1.68. The van der Waals surface area contributed by atoms with E-state index >= 15 is 0 Å². The van der Waals surface area contributed by atoms with E-state index in [9.17, 15) is 22.8 Å². The highest BCUT2D eigenvalue weighted by Gasteiger charge is 2.30. The number of hydrogen-bond acceptors (Lipinski definition) is 4. The number of amides is 2. The van der Waals surface area contributed by atoms with Gasteiger partial charge in [0, 0.05) is 43.8 Å². The van der Waals surface area contributed by atoms with Crippen LogP contribution in [-0.4, -0.2) is 53.3 Å². The second-order valence-electron chi connectivity index (χ2n) is 6.06. The quantitative estimate of drug-likeness (QED) is 0.831. The lowest BCUT2D eigenvalue weighted by molar-refractivity contribution is -0.137. The molecule has 6 nitrogen and oxygen atoms in total. The zero-order chi connectivity index (χ0) is 19.4. The Morgan fingerprint density at radius 3 is 2.30 bits per heavy atom. The number of nitrogens with one attached hydrogen (secondary N) is 1. The molecule has 0 aliphatic carbocycles. The molecule has 1 aromatic heterocycles. The fraction of sp³-hybridized carbons (Fsp3) is 0.278. The molecule has 142 valence electrons. The fourth-order valence-electron chi connectivity index (χ4n) is 2.73. The summed E-state index contributed by atoms with van der Waals surface area (Å²) >= 11 is 0. The van der Waals surface area contributed by atoms with Crippen molar-refractivity contribution in [1.82, 2.24) is 14.8 Å². The van der Waals surface area contributed by atoms with E-state index in [-0.39, 0.29) is 11.6 Å². The Morgan fingerprint density at radius 2 is 1.70 bits per heavy atom. The van der Waals surface area contributed by atoms with E-state index in [1.54, 1.807) is 21.9 Å². The highest BCUT2D eigenvalue weighted by molar-refractivity contribution is 5.93. The van der Waals surface area contributed by atoms with Crippen molar-refractivity contribution >= 4 is 23.7 Å². The lowest BCUT2D eigenvalue weighted by Crippen LogP contribution is -2.48. The zero-order valence-electron chi connectivity index (χ0n) is 14.2. The maximum Gasteiger partial charge on any atom is 0.416 e. The number of carbonyl (C=O) groups excluding carboxylic acids is 2. The van der Waals surface area contributed by atoms with Gasteiger partial charge in [0.1, 0.15) is 5.69 Å². The molecule has 0 saturated carbocycles. The Labute approximate surface area is 153 Å². The van der Waals surface area contributed by atoms with Crippen LogP contribution in [0.25, 0.3) is 0 Å². The van der Waals surface area contributed by atoms with Gasteiger partial charge in [-0.05, 0) is 36.4 Å². The van der Waals surface area contributed by atoms with E-state index in [2.05, 4.69) is 10.3 Å². The number of anilines is 2. The Kier molecular flexibility index (Phi) is 5.29. The summed E-state index contributed by atoms with van der Waals surface area (Å²) in [5, 5.41) is 2.96. The maximum atomic E-state index is 12.6. The van der Waals surface area contributed by atoms with Crippen molar-refractivity contribution in [2.45, 2.75) is 6.18 Å². The van der Waals surface area contributed by atoms with E-state index in [0.717, 1.165) is 18.5 Å². The van der Waals surface area contributed by atoms with Crippen LogP contribution < -0.4 is 5.32 Å². The summed E-state index contributed by atoms with van der Waals surface area (Å²) in [5.41, 5.74) is 0.506. The van der Waals surface area contributed by atoms with Gasteiger partial charge in [0.2, 0.25) is 6.41 Å². The van der Waals surface area contributed by atoms with Crippen LogP contribution >= 0.6 is 0 Å². The second kappa shape index (κ2) is 7.65. The molecule has 0 unspecified atom stereocenters. The number of alkyl halides is 3. The average molecular weight is 378 g/mol. The third-order valence-electron chi connectivity index (χ3n) is 4.23. The number of carbonyl (C=O) groups is 2. The first kappa shape index (κ1) is 18.7. The molecule has 1 N–H and O–H groups in total. The van der Waals surface area contributed by atoms with Crippen LogP contribution in [0, 0.1) is 0 Å². The smallest absolute Gasteiger partial charge is 0.355 e. The zero-order valence-corrected chi connectivity index (χ0v) is 14.2. The Hall–Kier alpha value is -3.10. The SMILES string of the molecule is O=CN1CCN(C(=O)c2cc(Nc3ccc(C(F)(F)F)cc3)ccn2)CC1. The van der Waals surface area contributed by atoms with Gasteiger partial charge in [-0.3, -0.25) is 14.6 Å². The summed E-state index contributed by atoms with van der Waals surface area (Å²) < 4.78 is 37.9. The molecule has 1 fully saturated rings. The van der Waals surface area contributed by atoms with Crippen molar-refractivity contribution in [2.24, 2.45) is 0 Å². The summed E-state index contributed by atoms with van der Waals surface area (Å²) in [4.78, 5) is 30.6. The van der Waals surface area contributed by atoms with Crippen molar-refractivity contribution in [3.63, 3.8) is 0 Å². The summed E-state index contributed by atoms with van der Waals surface area (Å²) in [7, 11) is 0. The molecular weight excluding hydrogens is 361 g/mol. The van der Waals surface area contributed by atoms with E-state index in [1.165, 1.54) is 18.3 Å². The highest BCUT2D eigenvalue weighted by atomic mass is 19.4. The molecule has 1 saturated heterocycles. The van der Waals surface area contributed by atoms with E-state index in [0.29, 0.717) is 37.6 Å². The van der Waals surface area contributed by atoms with Crippen LogP contribution in [0.15, 0.2) is 42.6 Å². The third kappa shape index (κ3) is 4.55. The molecule has 1 aromatic carbocycles. The number of halogens is 3. The summed E-state index contributed by atoms with van der Waals surface area (Å²) in [5.74, 6) is -0.253. The number of aromatic nitrogens is 1. The normalized spacial score (nSPS) is 14.8. The first-order valence-electron chi connectivity index (χ1n) is 8.26. The van der Waals surface area contributed by atoms with Gasteiger partial charge in [-0.1, -0.05) is 0 Å². The molecule has 2 heterocycles. The Morgan fingerprint density at radius 1 is 1.04 bits per heavy atom. The summed E-state index contributed by atoms with van der Waals surface area (Å²) in [6.45, 7) is 1.79. The van der Waals surface area contributed by atoms with Gasteiger partial charge >= 0.3 is 6.18 Å². The summed E-state index contributed by atoms with van der Waals surface area (Å²) in [6, 6.07) is 7.79. The van der Waals surface area contributed by atoms with Crippen molar-refractivity contribution < 1.29 is 22.8 Å². The van der Waals surface area contributed by atoms with Crippen LogP contribution in [0.1, 0.15) is 16.1 Å². The van der Waals surface area contributed by atoms with Gasteiger partial charge in [-0.15, -0.1) is 0 Å². The largest absolute Gasteiger partial charge is 0.416 e. The first-order valence-corrected chi connectivity index (χ1v) is 8.26. The molecule has 1 aliphatic heterocycles. The molecule has 2 aromatic rings. The van der Waals surface area contributed by atoms with Crippen molar-refractivity contribution in [3.8, 4) is 0 Å². The molecule has 0 atom stereocenters. The fourth-order valence-corrected chi connectivity index (χ4v) is 2.73. The van der Waals surface area contributed by atoms with Crippen LogP contribution in [0.4, 0.5) is 24.5 Å². The molecule has 2 amide bonds. The number of benzene rings is 1. The van der Waals surface area contributed by atoms with Gasteiger partial charge in [-0.25, -0.2) is 0 Å². The van der Waals surface area contributed by atoms with E-state index < -0.39 is 11.7 Å². The van der Waals surface area contributed by atoms with Gasteiger partial charge in [0.25, 0.3) is 5.91 Å². The topological polar surface area (TPSA) is 65.5 Å². The molecule has 0 radical (unpaired) electrons. The number of hydrogen-bond donors (Lipinski definition) is 1. The van der Waals surface area contributed by atoms with Crippen LogP contribution in [0.3, 0.4) is 0 Å². The molecule has 0 bridgehead atoms. The Bertz CT molecular complexity index is 816. The van der Waals surface area contributed by atoms with Crippen LogP contribution in [0.2, 0.25) is 0 Å². The lowest BCUT2D eigenvalue weighted by Gasteiger charge is -2.32. The number of piperazine rings is 1. The molecule has 3 rings (SSSR count). The monoisotopic (exact) mass is 378 g/mol. The third-order valence-corrected chi connectivity index (χ3v) is 4.23. The molecular formula is C18H17F3N4O2. The van der Waals surface area contributed by atoms with Gasteiger partial charge in [0.05, 0.1) is 5.56 Å². The highest BCUT2D eigenvalue weighted by Crippen LogP contribution is 2.30. The van der Waals surface area contributed by atoms with Gasteiger partial charge < -0.3 is 15.1 Å². The van der Waals surface area contributed by atoms with Gasteiger partial charge in [-0.2, -0.15) is 13.2 Å². The minimum atomic E-state index is -4.39. The molecule has 27 heavy (non-hydrogen) atoms. The van der Waals surface area contributed by atoms with Crippen LogP contribution in [0.5, 0.6) is 0 Å².